The van der Waals surface area contributed by atoms with E-state index >= 15 is 0 Å². The van der Waals surface area contributed by atoms with Crippen LogP contribution in [0.5, 0.6) is 5.75 Å². The second-order valence-electron chi connectivity index (χ2n) is 5.20. The van der Waals surface area contributed by atoms with Crippen molar-refractivity contribution in [2.75, 3.05) is 0 Å². The molecule has 0 heterocycles. The molecule has 3 atom stereocenters. The molecule has 0 N–H and O–H groups in total. The van der Waals surface area contributed by atoms with E-state index in [0.29, 0.717) is 18.6 Å². The molecular weight excluding hydrogens is 297 g/mol. The molecule has 1 aliphatic rings. The van der Waals surface area contributed by atoms with Crippen LogP contribution in [-0.4, -0.2) is 18.4 Å². The average molecular weight is 314 g/mol. The highest BCUT2D eigenvalue weighted by atomic mass is 19.4. The molecule has 0 saturated heterocycles. The van der Waals surface area contributed by atoms with Crippen molar-refractivity contribution in [2.24, 2.45) is 11.8 Å². The van der Waals surface area contributed by atoms with Crippen molar-refractivity contribution >= 4 is 5.97 Å². The van der Waals surface area contributed by atoms with Gasteiger partial charge in [0.25, 0.3) is 0 Å². The third kappa shape index (κ3) is 4.73. The maximum Gasteiger partial charge on any atom is 0.522 e. The van der Waals surface area contributed by atoms with Gasteiger partial charge in [-0.25, -0.2) is 0 Å². The molecule has 0 bridgehead atoms. The second kappa shape index (κ2) is 7.13. The van der Waals surface area contributed by atoms with Crippen LogP contribution >= 0.6 is 0 Å². The number of rotatable bonds is 5. The Morgan fingerprint density at radius 1 is 1.27 bits per heavy atom. The predicted octanol–water partition coefficient (Wildman–Crippen LogP) is 3.95. The van der Waals surface area contributed by atoms with E-state index in [2.05, 4.69) is 11.7 Å². The number of carbonyl (C=O) groups excluding carboxylic acids is 1. The van der Waals surface area contributed by atoms with Gasteiger partial charge < -0.3 is 4.74 Å². The Hall–Kier alpha value is -1.56. The van der Waals surface area contributed by atoms with Gasteiger partial charge >= 0.3 is 12.3 Å². The summed E-state index contributed by atoms with van der Waals surface area (Å²) < 4.78 is 46.8. The lowest BCUT2D eigenvalue weighted by Gasteiger charge is -2.25. The van der Waals surface area contributed by atoms with E-state index in [1.165, 1.54) is 0 Å². The molecule has 3 nitrogen and oxygen atoms in total. The number of esters is 1. The maximum atomic E-state index is 12.5. The first kappa shape index (κ1) is 16.8. The van der Waals surface area contributed by atoms with Gasteiger partial charge in [0, 0.05) is 0 Å². The van der Waals surface area contributed by atoms with Crippen molar-refractivity contribution in [1.82, 2.24) is 0 Å². The number of alkyl halides is 3. The standard InChI is InChI=1S/C16H17F3O3/c1-2-11-8-9-12(15(11)22-16(17,18)19)10-14(20)21-13-6-4-3-5-7-13/h3-7,9,11-12,15H,1-2,8,10H2. The van der Waals surface area contributed by atoms with E-state index in [1.807, 2.05) is 0 Å². The quantitative estimate of drug-likeness (QED) is 0.610. The van der Waals surface area contributed by atoms with E-state index in [-0.39, 0.29) is 12.3 Å². The number of ether oxygens (including phenoxy) is 2. The summed E-state index contributed by atoms with van der Waals surface area (Å²) in [6.07, 6.45) is -3.49. The minimum absolute atomic E-state index is 0.147. The van der Waals surface area contributed by atoms with E-state index in [0.717, 1.165) is 0 Å². The first-order valence-corrected chi connectivity index (χ1v) is 7.02. The van der Waals surface area contributed by atoms with Crippen molar-refractivity contribution in [2.45, 2.75) is 31.7 Å². The van der Waals surface area contributed by atoms with E-state index in [1.54, 1.807) is 36.8 Å². The van der Waals surface area contributed by atoms with Crippen LogP contribution in [0.3, 0.4) is 0 Å². The molecule has 1 aliphatic carbocycles. The molecule has 1 aromatic rings. The van der Waals surface area contributed by atoms with Gasteiger partial charge in [0.1, 0.15) is 5.75 Å². The lowest BCUT2D eigenvalue weighted by molar-refractivity contribution is -0.350. The lowest BCUT2D eigenvalue weighted by Crippen LogP contribution is -2.33. The predicted molar refractivity (Wildman–Crippen MR) is 73.5 cm³/mol. The molecule has 6 heteroatoms. The van der Waals surface area contributed by atoms with Gasteiger partial charge in [0.05, 0.1) is 12.5 Å². The summed E-state index contributed by atoms with van der Waals surface area (Å²) in [5.41, 5.74) is 0. The molecule has 1 fully saturated rings. The van der Waals surface area contributed by atoms with Crippen molar-refractivity contribution < 1.29 is 27.4 Å². The zero-order valence-electron chi connectivity index (χ0n) is 11.9. The third-order valence-corrected chi connectivity index (χ3v) is 3.65. The Labute approximate surface area is 127 Å². The molecule has 0 spiro atoms. The normalized spacial score (nSPS) is 25.2. The number of halogens is 3. The van der Waals surface area contributed by atoms with Gasteiger partial charge in [-0.15, -0.1) is 13.2 Å². The molecule has 0 aliphatic heterocycles. The van der Waals surface area contributed by atoms with Gasteiger partial charge in [-0.05, 0) is 43.2 Å². The fourth-order valence-corrected chi connectivity index (χ4v) is 2.64. The SMILES string of the molecule is [CH2]CC1C[CH]C(CC(=O)Oc2ccccc2)C1OC(F)(F)F. The fraction of sp³-hybridized carbons (Fsp3) is 0.438. The maximum absolute atomic E-state index is 12.5. The molecule has 2 radical (unpaired) electrons. The summed E-state index contributed by atoms with van der Waals surface area (Å²) in [6, 6.07) is 8.41. The van der Waals surface area contributed by atoms with Crippen LogP contribution in [-0.2, 0) is 9.53 Å². The molecule has 22 heavy (non-hydrogen) atoms. The van der Waals surface area contributed by atoms with Crippen LogP contribution in [0.2, 0.25) is 0 Å². The monoisotopic (exact) mass is 314 g/mol. The van der Waals surface area contributed by atoms with Crippen LogP contribution in [0, 0.1) is 25.2 Å². The molecule has 2 rings (SSSR count). The zero-order chi connectivity index (χ0) is 16.2. The Kier molecular flexibility index (Phi) is 5.45. The average Bonchev–Trinajstić information content (AvgIpc) is 2.80. The van der Waals surface area contributed by atoms with Crippen molar-refractivity contribution in [1.29, 1.82) is 0 Å². The molecular formula is C16H17F3O3. The topological polar surface area (TPSA) is 35.5 Å². The molecule has 3 unspecified atom stereocenters. The summed E-state index contributed by atoms with van der Waals surface area (Å²) in [7, 11) is 0. The number of hydrogen-bond acceptors (Lipinski definition) is 3. The lowest BCUT2D eigenvalue weighted by atomic mass is 9.96. The summed E-state index contributed by atoms with van der Waals surface area (Å²) >= 11 is 0. The van der Waals surface area contributed by atoms with Crippen LogP contribution in [0.15, 0.2) is 30.3 Å². The number of hydrogen-bond donors (Lipinski definition) is 0. The highest BCUT2D eigenvalue weighted by Gasteiger charge is 2.44. The van der Waals surface area contributed by atoms with E-state index < -0.39 is 24.4 Å². The smallest absolute Gasteiger partial charge is 0.427 e. The fourth-order valence-electron chi connectivity index (χ4n) is 2.64. The van der Waals surface area contributed by atoms with Gasteiger partial charge in [-0.2, -0.15) is 0 Å². The Bertz CT molecular complexity index is 487. The van der Waals surface area contributed by atoms with Crippen molar-refractivity contribution in [3.8, 4) is 5.75 Å². The summed E-state index contributed by atoms with van der Waals surface area (Å²) in [6.45, 7) is 3.65. The molecule has 0 aromatic heterocycles. The van der Waals surface area contributed by atoms with Crippen molar-refractivity contribution in [3.05, 3.63) is 43.7 Å². The third-order valence-electron chi connectivity index (χ3n) is 3.65. The molecule has 1 saturated carbocycles. The summed E-state index contributed by atoms with van der Waals surface area (Å²) in [4.78, 5) is 11.9. The number of benzene rings is 1. The van der Waals surface area contributed by atoms with E-state index in [4.69, 9.17) is 4.74 Å². The number of para-hydroxylation sites is 1. The zero-order valence-corrected chi connectivity index (χ0v) is 11.9. The minimum Gasteiger partial charge on any atom is -0.427 e. The highest BCUT2D eigenvalue weighted by Crippen LogP contribution is 2.40. The van der Waals surface area contributed by atoms with Gasteiger partial charge in [0.2, 0.25) is 0 Å². The Balaban J connectivity index is 1.96. The van der Waals surface area contributed by atoms with Crippen molar-refractivity contribution in [3.63, 3.8) is 0 Å². The highest BCUT2D eigenvalue weighted by molar-refractivity contribution is 5.73. The van der Waals surface area contributed by atoms with Gasteiger partial charge in [-0.1, -0.05) is 25.1 Å². The largest absolute Gasteiger partial charge is 0.522 e. The Morgan fingerprint density at radius 2 is 1.95 bits per heavy atom. The first-order valence-electron chi connectivity index (χ1n) is 7.02. The van der Waals surface area contributed by atoms with Crippen LogP contribution in [0.4, 0.5) is 13.2 Å². The van der Waals surface area contributed by atoms with Crippen LogP contribution in [0.1, 0.15) is 19.3 Å². The van der Waals surface area contributed by atoms with Gasteiger partial charge in [-0.3, -0.25) is 9.53 Å². The molecule has 120 valence electrons. The van der Waals surface area contributed by atoms with Crippen LogP contribution < -0.4 is 4.74 Å². The van der Waals surface area contributed by atoms with E-state index in [9.17, 15) is 18.0 Å². The second-order valence-corrected chi connectivity index (χ2v) is 5.20. The Morgan fingerprint density at radius 3 is 2.55 bits per heavy atom. The first-order chi connectivity index (χ1) is 10.4. The molecule has 0 amide bonds. The van der Waals surface area contributed by atoms with Gasteiger partial charge in [0.15, 0.2) is 0 Å². The number of carbonyl (C=O) groups is 1. The summed E-state index contributed by atoms with van der Waals surface area (Å²) in [5, 5.41) is 0. The summed E-state index contributed by atoms with van der Waals surface area (Å²) in [5.74, 6) is -1.17. The molecule has 1 aromatic carbocycles. The van der Waals surface area contributed by atoms with Crippen LogP contribution in [0.25, 0.3) is 0 Å². The minimum atomic E-state index is -4.72.